The summed E-state index contributed by atoms with van der Waals surface area (Å²) in [6, 6.07) is -0.153. The zero-order chi connectivity index (χ0) is 16.7. The number of nitrogens with one attached hydrogen (secondary N) is 1. The van der Waals surface area contributed by atoms with Crippen molar-refractivity contribution in [3.63, 3.8) is 0 Å². The van der Waals surface area contributed by atoms with Gasteiger partial charge in [0.2, 0.25) is 11.8 Å². The summed E-state index contributed by atoms with van der Waals surface area (Å²) in [5, 5.41) is 2.85. The predicted molar refractivity (Wildman–Crippen MR) is 92.0 cm³/mol. The Kier molecular flexibility index (Phi) is 7.09. The van der Waals surface area contributed by atoms with E-state index in [9.17, 15) is 9.59 Å². The van der Waals surface area contributed by atoms with Crippen molar-refractivity contribution in [3.8, 4) is 0 Å². The topological polar surface area (TPSA) is 52.7 Å². The molecule has 2 aliphatic rings. The molecule has 1 heterocycles. The summed E-state index contributed by atoms with van der Waals surface area (Å²) in [6.07, 6.45) is 8.34. The number of hydrogen-bond acceptors (Lipinski definition) is 3. The second-order valence-corrected chi connectivity index (χ2v) is 6.83. The van der Waals surface area contributed by atoms with Gasteiger partial charge < -0.3 is 10.2 Å². The standard InChI is InChI=1S/C18H31N3O2/c1-3-9-19-18(23)15(2)20-10-6-11-21(13-12-20)17(22)14-16-7-4-5-8-16/h3,15-16H,1,4-14H2,2H3,(H,19,23)/t15-/m0/s1. The lowest BCUT2D eigenvalue weighted by atomic mass is 10.0. The summed E-state index contributed by atoms with van der Waals surface area (Å²) in [5.41, 5.74) is 0. The first-order chi connectivity index (χ1) is 11.1. The minimum Gasteiger partial charge on any atom is -0.351 e. The highest BCUT2D eigenvalue weighted by Crippen LogP contribution is 2.28. The number of carbonyl (C=O) groups is 2. The monoisotopic (exact) mass is 321 g/mol. The van der Waals surface area contributed by atoms with Gasteiger partial charge in [0.15, 0.2) is 0 Å². The van der Waals surface area contributed by atoms with Gasteiger partial charge in [0, 0.05) is 39.1 Å². The van der Waals surface area contributed by atoms with Crippen LogP contribution in [0.25, 0.3) is 0 Å². The Morgan fingerprint density at radius 3 is 2.61 bits per heavy atom. The molecular formula is C18H31N3O2. The molecule has 0 aromatic heterocycles. The van der Waals surface area contributed by atoms with Crippen LogP contribution < -0.4 is 5.32 Å². The van der Waals surface area contributed by atoms with Crippen molar-refractivity contribution >= 4 is 11.8 Å². The van der Waals surface area contributed by atoms with E-state index in [1.165, 1.54) is 25.7 Å². The highest BCUT2D eigenvalue weighted by molar-refractivity contribution is 5.81. The van der Waals surface area contributed by atoms with E-state index in [1.807, 2.05) is 11.8 Å². The number of rotatable bonds is 6. The number of nitrogens with zero attached hydrogens (tertiary/aromatic N) is 2. The maximum absolute atomic E-state index is 12.5. The maximum atomic E-state index is 12.5. The van der Waals surface area contributed by atoms with Gasteiger partial charge in [-0.25, -0.2) is 0 Å². The second kappa shape index (κ2) is 9.06. The van der Waals surface area contributed by atoms with E-state index in [0.717, 1.165) is 39.0 Å². The molecule has 5 nitrogen and oxygen atoms in total. The van der Waals surface area contributed by atoms with Crippen LogP contribution in [0.5, 0.6) is 0 Å². The highest BCUT2D eigenvalue weighted by atomic mass is 16.2. The van der Waals surface area contributed by atoms with Crippen molar-refractivity contribution < 1.29 is 9.59 Å². The van der Waals surface area contributed by atoms with E-state index in [2.05, 4.69) is 16.8 Å². The van der Waals surface area contributed by atoms with Gasteiger partial charge in [-0.2, -0.15) is 0 Å². The summed E-state index contributed by atoms with van der Waals surface area (Å²) in [7, 11) is 0. The van der Waals surface area contributed by atoms with Crippen LogP contribution in [0.4, 0.5) is 0 Å². The number of carbonyl (C=O) groups excluding carboxylic acids is 2. The van der Waals surface area contributed by atoms with Gasteiger partial charge >= 0.3 is 0 Å². The van der Waals surface area contributed by atoms with Crippen molar-refractivity contribution in [2.45, 2.75) is 51.5 Å². The summed E-state index contributed by atoms with van der Waals surface area (Å²) >= 11 is 0. The first-order valence-electron chi connectivity index (χ1n) is 9.02. The van der Waals surface area contributed by atoms with E-state index >= 15 is 0 Å². The van der Waals surface area contributed by atoms with E-state index in [4.69, 9.17) is 0 Å². The van der Waals surface area contributed by atoms with E-state index < -0.39 is 0 Å². The Morgan fingerprint density at radius 1 is 1.17 bits per heavy atom. The van der Waals surface area contributed by atoms with E-state index in [-0.39, 0.29) is 11.9 Å². The van der Waals surface area contributed by atoms with Crippen molar-refractivity contribution in [2.75, 3.05) is 32.7 Å². The van der Waals surface area contributed by atoms with Gasteiger partial charge in [0.25, 0.3) is 0 Å². The summed E-state index contributed by atoms with van der Waals surface area (Å²) in [6.45, 7) is 9.27. The van der Waals surface area contributed by atoms with Crippen LogP contribution in [0.2, 0.25) is 0 Å². The van der Waals surface area contributed by atoms with Crippen molar-refractivity contribution in [1.29, 1.82) is 0 Å². The van der Waals surface area contributed by atoms with Crippen LogP contribution in [0.3, 0.4) is 0 Å². The zero-order valence-corrected chi connectivity index (χ0v) is 14.4. The van der Waals surface area contributed by atoms with Crippen molar-refractivity contribution in [3.05, 3.63) is 12.7 Å². The van der Waals surface area contributed by atoms with Crippen LogP contribution >= 0.6 is 0 Å². The summed E-state index contributed by atoms with van der Waals surface area (Å²) < 4.78 is 0. The lowest BCUT2D eigenvalue weighted by Crippen LogP contribution is -2.46. The van der Waals surface area contributed by atoms with Crippen molar-refractivity contribution in [2.24, 2.45) is 5.92 Å². The quantitative estimate of drug-likeness (QED) is 0.759. The van der Waals surface area contributed by atoms with Gasteiger partial charge in [0.05, 0.1) is 6.04 Å². The first-order valence-corrected chi connectivity index (χ1v) is 9.02. The molecule has 5 heteroatoms. The molecule has 2 rings (SSSR count). The highest BCUT2D eigenvalue weighted by Gasteiger charge is 2.27. The average molecular weight is 321 g/mol. The van der Waals surface area contributed by atoms with Gasteiger partial charge in [-0.15, -0.1) is 6.58 Å². The fraction of sp³-hybridized carbons (Fsp3) is 0.778. The van der Waals surface area contributed by atoms with Gasteiger partial charge in [-0.1, -0.05) is 18.9 Å². The third-order valence-electron chi connectivity index (χ3n) is 5.17. The summed E-state index contributed by atoms with van der Waals surface area (Å²) in [4.78, 5) is 28.7. The molecule has 1 N–H and O–H groups in total. The molecule has 1 aliphatic carbocycles. The van der Waals surface area contributed by atoms with Crippen molar-refractivity contribution in [1.82, 2.24) is 15.1 Å². The Balaban J connectivity index is 1.80. The minimum atomic E-state index is -0.153. The minimum absolute atomic E-state index is 0.0376. The Hall–Kier alpha value is -1.36. The largest absolute Gasteiger partial charge is 0.351 e. The third kappa shape index (κ3) is 5.34. The SMILES string of the molecule is C=CCNC(=O)[C@H](C)N1CCCN(C(=O)CC2CCCC2)CC1. The van der Waals surface area contributed by atoms with E-state index in [0.29, 0.717) is 18.4 Å². The van der Waals surface area contributed by atoms with Gasteiger partial charge in [-0.05, 0) is 32.1 Å². The smallest absolute Gasteiger partial charge is 0.237 e. The Morgan fingerprint density at radius 2 is 1.91 bits per heavy atom. The van der Waals surface area contributed by atoms with E-state index in [1.54, 1.807) is 6.08 Å². The van der Waals surface area contributed by atoms with Crippen LogP contribution in [0.1, 0.15) is 45.4 Å². The molecule has 0 aromatic carbocycles. The number of amides is 2. The molecule has 0 aromatic rings. The third-order valence-corrected chi connectivity index (χ3v) is 5.17. The molecule has 130 valence electrons. The molecule has 0 spiro atoms. The molecule has 23 heavy (non-hydrogen) atoms. The Bertz CT molecular complexity index is 418. The summed E-state index contributed by atoms with van der Waals surface area (Å²) in [5.74, 6) is 0.948. The van der Waals surface area contributed by atoms with Gasteiger partial charge in [0.1, 0.15) is 0 Å². The molecule has 0 unspecified atom stereocenters. The first kappa shape index (κ1) is 18.0. The fourth-order valence-corrected chi connectivity index (χ4v) is 3.65. The molecule has 2 fully saturated rings. The maximum Gasteiger partial charge on any atom is 0.237 e. The normalized spacial score (nSPS) is 21.7. The lowest BCUT2D eigenvalue weighted by molar-refractivity contribution is -0.132. The van der Waals surface area contributed by atoms with Gasteiger partial charge in [-0.3, -0.25) is 14.5 Å². The van der Waals surface area contributed by atoms with Crippen LogP contribution in [0, 0.1) is 5.92 Å². The zero-order valence-electron chi connectivity index (χ0n) is 14.4. The average Bonchev–Trinajstić information content (AvgIpc) is 2.93. The molecule has 1 atom stereocenters. The Labute approximate surface area is 140 Å². The fourth-order valence-electron chi connectivity index (χ4n) is 3.65. The molecule has 0 bridgehead atoms. The number of hydrogen-bond donors (Lipinski definition) is 1. The predicted octanol–water partition coefficient (Wildman–Crippen LogP) is 1.79. The molecule has 0 radical (unpaired) electrons. The van der Waals surface area contributed by atoms with Crippen LogP contribution in [0.15, 0.2) is 12.7 Å². The van der Waals surface area contributed by atoms with Crippen LogP contribution in [-0.2, 0) is 9.59 Å². The molecular weight excluding hydrogens is 290 g/mol. The molecule has 1 saturated heterocycles. The van der Waals surface area contributed by atoms with Crippen LogP contribution in [-0.4, -0.2) is 60.4 Å². The molecule has 1 aliphatic heterocycles. The second-order valence-electron chi connectivity index (χ2n) is 6.83. The lowest BCUT2D eigenvalue weighted by Gasteiger charge is -2.27. The molecule has 1 saturated carbocycles. The molecule has 2 amide bonds.